The van der Waals surface area contributed by atoms with Crippen LogP contribution in [0.5, 0.6) is 0 Å². The lowest BCUT2D eigenvalue weighted by Crippen LogP contribution is -2.59. The number of hydrogen-bond donors (Lipinski definition) is 3. The second-order valence-electron chi connectivity index (χ2n) is 8.68. The SMILES string of the molecule is C[C@H](NC(=O)[C@]1(NC(=O)c2cc(Cl)c(Cl)[nH]2)CO[C@H](c2ccccc2)C1)c1ncc2c(n1)COC2. The molecule has 0 saturated carbocycles. The minimum absolute atomic E-state index is 0.0160. The van der Waals surface area contributed by atoms with E-state index in [1.165, 1.54) is 6.07 Å². The zero-order valence-electron chi connectivity index (χ0n) is 18.8. The standard InChI is InChI=1S/C24H23Cl2N5O4/c1-13(21-27-9-15-10-34-11-18(15)30-21)28-23(33)24(31-22(32)17-7-16(25)20(26)29-17)8-19(35-12-24)14-5-3-2-4-6-14/h2-7,9,13,19,29H,8,10-12H2,1H3,(H,28,33)(H,31,32)/t13-,19-,24+/m0/s1. The molecule has 35 heavy (non-hydrogen) atoms. The van der Waals surface area contributed by atoms with Gasteiger partial charge in [0.2, 0.25) is 5.91 Å². The maximum atomic E-state index is 13.7. The van der Waals surface area contributed by atoms with E-state index in [4.69, 9.17) is 32.7 Å². The molecule has 2 aliphatic rings. The second-order valence-corrected chi connectivity index (χ2v) is 9.47. The van der Waals surface area contributed by atoms with Crippen LogP contribution in [0.3, 0.4) is 0 Å². The molecule has 11 heteroatoms. The topological polar surface area (TPSA) is 118 Å². The van der Waals surface area contributed by atoms with E-state index in [9.17, 15) is 9.59 Å². The molecule has 9 nitrogen and oxygen atoms in total. The lowest BCUT2D eigenvalue weighted by molar-refractivity contribution is -0.128. The number of nitrogens with one attached hydrogen (secondary N) is 3. The van der Waals surface area contributed by atoms with Crippen molar-refractivity contribution in [3.05, 3.63) is 81.1 Å². The summed E-state index contributed by atoms with van der Waals surface area (Å²) in [7, 11) is 0. The molecule has 3 aromatic rings. The highest BCUT2D eigenvalue weighted by Gasteiger charge is 2.49. The molecule has 2 amide bonds. The molecule has 1 saturated heterocycles. The van der Waals surface area contributed by atoms with Gasteiger partial charge < -0.3 is 25.1 Å². The molecule has 1 fully saturated rings. The van der Waals surface area contributed by atoms with Gasteiger partial charge in [0.1, 0.15) is 16.4 Å². The number of H-pyrrole nitrogens is 1. The van der Waals surface area contributed by atoms with Crippen molar-refractivity contribution in [2.45, 2.75) is 44.2 Å². The van der Waals surface area contributed by atoms with Crippen LogP contribution in [0.15, 0.2) is 42.6 Å². The first-order valence-corrected chi connectivity index (χ1v) is 11.9. The molecule has 3 atom stereocenters. The Morgan fingerprint density at radius 1 is 1.23 bits per heavy atom. The molecular formula is C24H23Cl2N5O4. The van der Waals surface area contributed by atoms with E-state index in [1.54, 1.807) is 13.1 Å². The predicted octanol–water partition coefficient (Wildman–Crippen LogP) is 3.65. The monoisotopic (exact) mass is 515 g/mol. The molecule has 182 valence electrons. The van der Waals surface area contributed by atoms with Gasteiger partial charge in [0.25, 0.3) is 5.91 Å². The van der Waals surface area contributed by atoms with Gasteiger partial charge in [0, 0.05) is 18.2 Å². The summed E-state index contributed by atoms with van der Waals surface area (Å²) in [5.41, 5.74) is 1.47. The zero-order valence-corrected chi connectivity index (χ0v) is 20.3. The van der Waals surface area contributed by atoms with Gasteiger partial charge in [-0.15, -0.1) is 0 Å². The molecule has 3 N–H and O–H groups in total. The fourth-order valence-electron chi connectivity index (χ4n) is 4.24. The van der Waals surface area contributed by atoms with Crippen molar-refractivity contribution in [3.8, 4) is 0 Å². The number of ether oxygens (including phenoxy) is 2. The number of amides is 2. The first kappa shape index (κ1) is 23.7. The van der Waals surface area contributed by atoms with Crippen LogP contribution in [-0.2, 0) is 27.5 Å². The molecule has 5 rings (SSSR count). The number of aromatic amines is 1. The average molecular weight is 516 g/mol. The summed E-state index contributed by atoms with van der Waals surface area (Å²) >= 11 is 12.0. The summed E-state index contributed by atoms with van der Waals surface area (Å²) in [5.74, 6) is -0.462. The van der Waals surface area contributed by atoms with Crippen LogP contribution in [0.2, 0.25) is 10.2 Å². The first-order valence-electron chi connectivity index (χ1n) is 11.1. The molecule has 0 spiro atoms. The summed E-state index contributed by atoms with van der Waals surface area (Å²) in [4.78, 5) is 38.4. The molecule has 0 aliphatic carbocycles. The number of nitrogens with zero attached hydrogens (tertiary/aromatic N) is 2. The van der Waals surface area contributed by atoms with Crippen molar-refractivity contribution < 1.29 is 19.1 Å². The van der Waals surface area contributed by atoms with Crippen molar-refractivity contribution >= 4 is 35.0 Å². The van der Waals surface area contributed by atoms with Crippen molar-refractivity contribution in [1.82, 2.24) is 25.6 Å². The summed E-state index contributed by atoms with van der Waals surface area (Å²) in [5, 5.41) is 6.17. The molecule has 0 radical (unpaired) electrons. The van der Waals surface area contributed by atoms with Crippen molar-refractivity contribution in [2.75, 3.05) is 6.61 Å². The summed E-state index contributed by atoms with van der Waals surface area (Å²) in [6.45, 7) is 2.67. The van der Waals surface area contributed by atoms with Crippen LogP contribution in [0.25, 0.3) is 0 Å². The second kappa shape index (κ2) is 9.58. The van der Waals surface area contributed by atoms with Crippen LogP contribution < -0.4 is 10.6 Å². The Morgan fingerprint density at radius 2 is 2.03 bits per heavy atom. The molecule has 1 aromatic carbocycles. The van der Waals surface area contributed by atoms with E-state index in [0.717, 1.165) is 16.8 Å². The van der Waals surface area contributed by atoms with Crippen molar-refractivity contribution in [3.63, 3.8) is 0 Å². The van der Waals surface area contributed by atoms with Crippen molar-refractivity contribution in [2.24, 2.45) is 0 Å². The molecule has 4 heterocycles. The molecule has 2 aliphatic heterocycles. The third kappa shape index (κ3) is 4.77. The Bertz CT molecular complexity index is 1250. The molecule has 0 unspecified atom stereocenters. The normalized spacial score (nSPS) is 22.0. The predicted molar refractivity (Wildman–Crippen MR) is 128 cm³/mol. The van der Waals surface area contributed by atoms with Gasteiger partial charge >= 0.3 is 0 Å². The fraction of sp³-hybridized carbons (Fsp3) is 0.333. The van der Waals surface area contributed by atoms with Crippen LogP contribution in [-0.4, -0.2) is 38.9 Å². The fourth-order valence-corrected chi connectivity index (χ4v) is 4.55. The highest BCUT2D eigenvalue weighted by Crippen LogP contribution is 2.36. The third-order valence-electron chi connectivity index (χ3n) is 6.20. The maximum Gasteiger partial charge on any atom is 0.268 e. The molecule has 2 aromatic heterocycles. The summed E-state index contributed by atoms with van der Waals surface area (Å²) in [6.07, 6.45) is 1.58. The Hall–Kier alpha value is -2.98. The van der Waals surface area contributed by atoms with Crippen LogP contribution >= 0.6 is 23.2 Å². The van der Waals surface area contributed by atoms with E-state index in [0.29, 0.717) is 19.0 Å². The lowest BCUT2D eigenvalue weighted by atomic mass is 9.91. The Balaban J connectivity index is 1.39. The van der Waals surface area contributed by atoms with Gasteiger partial charge in [0.15, 0.2) is 5.82 Å². The summed E-state index contributed by atoms with van der Waals surface area (Å²) < 4.78 is 11.4. The number of aromatic nitrogens is 3. The number of carbonyl (C=O) groups excluding carboxylic acids is 2. The van der Waals surface area contributed by atoms with E-state index in [-0.39, 0.29) is 35.0 Å². The van der Waals surface area contributed by atoms with Gasteiger partial charge in [-0.05, 0) is 18.6 Å². The number of benzene rings is 1. The van der Waals surface area contributed by atoms with Gasteiger partial charge in [-0.1, -0.05) is 53.5 Å². The largest absolute Gasteiger partial charge is 0.370 e. The van der Waals surface area contributed by atoms with Crippen LogP contribution in [0.1, 0.15) is 58.6 Å². The van der Waals surface area contributed by atoms with Gasteiger partial charge in [-0.25, -0.2) is 9.97 Å². The number of fused-ring (bicyclic) bond motifs is 1. The first-order chi connectivity index (χ1) is 16.8. The number of rotatable bonds is 6. The van der Waals surface area contributed by atoms with E-state index >= 15 is 0 Å². The van der Waals surface area contributed by atoms with Gasteiger partial charge in [-0.2, -0.15) is 0 Å². The minimum atomic E-state index is -1.34. The minimum Gasteiger partial charge on any atom is -0.370 e. The average Bonchev–Trinajstić information content (AvgIpc) is 3.58. The smallest absolute Gasteiger partial charge is 0.268 e. The number of halogens is 2. The summed E-state index contributed by atoms with van der Waals surface area (Å²) in [6, 6.07) is 10.5. The quantitative estimate of drug-likeness (QED) is 0.461. The van der Waals surface area contributed by atoms with E-state index < -0.39 is 23.4 Å². The van der Waals surface area contributed by atoms with E-state index in [2.05, 4.69) is 25.6 Å². The number of hydrogen-bond acceptors (Lipinski definition) is 6. The van der Waals surface area contributed by atoms with E-state index in [1.807, 2.05) is 30.3 Å². The maximum absolute atomic E-state index is 13.7. The third-order valence-corrected chi connectivity index (χ3v) is 6.89. The van der Waals surface area contributed by atoms with Crippen LogP contribution in [0, 0.1) is 0 Å². The van der Waals surface area contributed by atoms with Gasteiger partial charge in [0.05, 0.1) is 42.7 Å². The lowest BCUT2D eigenvalue weighted by Gasteiger charge is -2.29. The van der Waals surface area contributed by atoms with Crippen LogP contribution in [0.4, 0.5) is 0 Å². The zero-order chi connectivity index (χ0) is 24.6. The highest BCUT2D eigenvalue weighted by molar-refractivity contribution is 6.41. The highest BCUT2D eigenvalue weighted by atomic mass is 35.5. The molecular weight excluding hydrogens is 493 g/mol. The molecule has 0 bridgehead atoms. The Labute approximate surface area is 211 Å². The van der Waals surface area contributed by atoms with Crippen molar-refractivity contribution in [1.29, 1.82) is 0 Å². The number of carbonyl (C=O) groups is 2. The Kier molecular flexibility index (Phi) is 6.50. The Morgan fingerprint density at radius 3 is 2.77 bits per heavy atom. The van der Waals surface area contributed by atoms with Gasteiger partial charge in [-0.3, -0.25) is 9.59 Å².